The maximum atomic E-state index is 11.4. The summed E-state index contributed by atoms with van der Waals surface area (Å²) in [7, 11) is 0. The van der Waals surface area contributed by atoms with Crippen molar-refractivity contribution < 1.29 is 9.53 Å². The largest absolute Gasteiger partial charge is 0.490 e. The summed E-state index contributed by atoms with van der Waals surface area (Å²) in [4.78, 5) is 13.4. The third-order valence-corrected chi connectivity index (χ3v) is 5.81. The first-order valence-corrected chi connectivity index (χ1v) is 10.3. The molecule has 2 aromatic rings. The summed E-state index contributed by atoms with van der Waals surface area (Å²) in [5, 5.41) is -0.315. The fraction of sp³-hybridized carbons (Fsp3) is 0.240. The normalized spacial score (nSPS) is 18.0. The lowest BCUT2D eigenvalue weighted by atomic mass is 9.85. The molecule has 1 aliphatic carbocycles. The van der Waals surface area contributed by atoms with E-state index in [4.69, 9.17) is 16.3 Å². The molecule has 0 spiro atoms. The van der Waals surface area contributed by atoms with Gasteiger partial charge in [0.15, 0.2) is 0 Å². The highest BCUT2D eigenvalue weighted by atomic mass is 35.5. The second kappa shape index (κ2) is 8.71. The van der Waals surface area contributed by atoms with Gasteiger partial charge >= 0.3 is 0 Å². The molecule has 0 radical (unpaired) electrons. The Balaban J connectivity index is 1.40. The predicted molar refractivity (Wildman–Crippen MR) is 119 cm³/mol. The van der Waals surface area contributed by atoms with Crippen LogP contribution < -0.4 is 4.74 Å². The number of nitrogens with zero attached hydrogens (tertiary/aromatic N) is 1. The first kappa shape index (κ1) is 19.5. The van der Waals surface area contributed by atoms with Crippen LogP contribution in [0.4, 0.5) is 0 Å². The molecule has 0 fully saturated rings. The number of hydrogen-bond donors (Lipinski definition) is 0. The number of fused-ring (bicyclic) bond motifs is 1. The fourth-order valence-corrected chi connectivity index (χ4v) is 4.06. The van der Waals surface area contributed by atoms with Crippen LogP contribution in [0.15, 0.2) is 72.5 Å². The van der Waals surface area contributed by atoms with Crippen molar-refractivity contribution in [3.8, 4) is 5.75 Å². The molecular weight excluding hydrogens is 382 g/mol. The summed E-state index contributed by atoms with van der Waals surface area (Å²) in [6.07, 6.45) is 9.87. The smallest absolute Gasteiger partial charge is 0.248 e. The van der Waals surface area contributed by atoms with Crippen LogP contribution in [0.2, 0.25) is 0 Å². The molecule has 1 heterocycles. The van der Waals surface area contributed by atoms with Gasteiger partial charge in [-0.05, 0) is 89.7 Å². The molecule has 1 unspecified atom stereocenters. The van der Waals surface area contributed by atoms with Gasteiger partial charge in [0.25, 0.3) is 0 Å². The second-order valence-corrected chi connectivity index (χ2v) is 7.81. The van der Waals surface area contributed by atoms with Crippen LogP contribution in [0.3, 0.4) is 0 Å². The maximum Gasteiger partial charge on any atom is 0.248 e. The topological polar surface area (TPSA) is 29.5 Å². The van der Waals surface area contributed by atoms with Crippen LogP contribution in [-0.2, 0) is 11.2 Å². The monoisotopic (exact) mass is 405 g/mol. The average molecular weight is 406 g/mol. The number of benzene rings is 2. The van der Waals surface area contributed by atoms with E-state index >= 15 is 0 Å². The Morgan fingerprint density at radius 3 is 2.76 bits per heavy atom. The number of ether oxygens (including phenoxy) is 1. The molecule has 4 heteroatoms. The third-order valence-electron chi connectivity index (χ3n) is 5.59. The molecule has 0 aromatic heterocycles. The number of halogens is 1. The van der Waals surface area contributed by atoms with Crippen LogP contribution in [0, 0.1) is 0 Å². The van der Waals surface area contributed by atoms with Gasteiger partial charge < -0.3 is 9.64 Å². The van der Waals surface area contributed by atoms with E-state index in [-0.39, 0.29) is 11.3 Å². The van der Waals surface area contributed by atoms with Crippen LogP contribution in [-0.4, -0.2) is 29.3 Å². The summed E-state index contributed by atoms with van der Waals surface area (Å²) in [6.45, 7) is 3.47. The lowest BCUT2D eigenvalue weighted by molar-refractivity contribution is -0.115. The zero-order chi connectivity index (χ0) is 20.2. The van der Waals surface area contributed by atoms with E-state index < -0.39 is 0 Å². The van der Waals surface area contributed by atoms with Crippen molar-refractivity contribution in [2.45, 2.75) is 25.8 Å². The van der Waals surface area contributed by atoms with E-state index in [0.29, 0.717) is 6.61 Å². The van der Waals surface area contributed by atoms with Crippen molar-refractivity contribution in [2.24, 2.45) is 0 Å². The molecule has 0 N–H and O–H groups in total. The molecule has 1 atom stereocenters. The van der Waals surface area contributed by atoms with Crippen molar-refractivity contribution in [2.75, 3.05) is 13.2 Å². The Kier molecular flexibility index (Phi) is 5.86. The van der Waals surface area contributed by atoms with Gasteiger partial charge in [0.2, 0.25) is 5.24 Å². The van der Waals surface area contributed by atoms with Crippen molar-refractivity contribution in [3.63, 3.8) is 0 Å². The molecule has 0 bridgehead atoms. The number of aryl methyl sites for hydroxylation is 1. The Hall–Kier alpha value is -2.78. The van der Waals surface area contributed by atoms with Crippen LogP contribution in [0.25, 0.3) is 11.6 Å². The summed E-state index contributed by atoms with van der Waals surface area (Å²) >= 11 is 5.65. The lowest BCUT2D eigenvalue weighted by Gasteiger charge is -2.35. The third kappa shape index (κ3) is 4.46. The molecule has 2 aliphatic rings. The molecule has 2 aromatic carbocycles. The van der Waals surface area contributed by atoms with Gasteiger partial charge in [-0.15, -0.1) is 0 Å². The molecular formula is C25H24ClNO2. The summed E-state index contributed by atoms with van der Waals surface area (Å²) in [6, 6.07) is 16.3. The minimum absolute atomic E-state index is 0.280. The van der Waals surface area contributed by atoms with Gasteiger partial charge in [0, 0.05) is 6.54 Å². The molecule has 3 nitrogen and oxygen atoms in total. The Morgan fingerprint density at radius 1 is 1.21 bits per heavy atom. The van der Waals surface area contributed by atoms with Gasteiger partial charge in [-0.2, -0.15) is 0 Å². The van der Waals surface area contributed by atoms with Crippen molar-refractivity contribution in [3.05, 3.63) is 89.1 Å². The van der Waals surface area contributed by atoms with E-state index in [1.165, 1.54) is 27.8 Å². The molecule has 29 heavy (non-hydrogen) atoms. The van der Waals surface area contributed by atoms with Gasteiger partial charge in [0.1, 0.15) is 18.4 Å². The number of carbonyl (C=O) groups is 1. The van der Waals surface area contributed by atoms with E-state index in [2.05, 4.69) is 37.3 Å². The zero-order valence-corrected chi connectivity index (χ0v) is 17.2. The number of carbonyl (C=O) groups excluding carboxylic acids is 1. The number of hydrogen-bond acceptors (Lipinski definition) is 3. The van der Waals surface area contributed by atoms with Gasteiger partial charge in [-0.25, -0.2) is 0 Å². The van der Waals surface area contributed by atoms with Gasteiger partial charge in [-0.1, -0.05) is 42.5 Å². The molecule has 1 aliphatic heterocycles. The quantitative estimate of drug-likeness (QED) is 0.572. The second-order valence-electron chi connectivity index (χ2n) is 7.43. The number of rotatable bonds is 7. The molecule has 0 saturated heterocycles. The first-order valence-electron chi connectivity index (χ1n) is 9.91. The van der Waals surface area contributed by atoms with Crippen LogP contribution in [0.5, 0.6) is 5.75 Å². The highest BCUT2D eigenvalue weighted by Gasteiger charge is 2.28. The van der Waals surface area contributed by atoms with Crippen molar-refractivity contribution >= 4 is 28.5 Å². The highest BCUT2D eigenvalue weighted by Crippen LogP contribution is 2.34. The lowest BCUT2D eigenvalue weighted by Crippen LogP contribution is -2.42. The minimum Gasteiger partial charge on any atom is -0.490 e. The van der Waals surface area contributed by atoms with E-state index in [1.807, 2.05) is 47.5 Å². The maximum absolute atomic E-state index is 11.4. The fourth-order valence-electron chi connectivity index (χ4n) is 3.86. The van der Waals surface area contributed by atoms with Crippen LogP contribution in [0.1, 0.15) is 30.0 Å². The molecule has 4 rings (SSSR count). The minimum atomic E-state index is -0.315. The summed E-state index contributed by atoms with van der Waals surface area (Å²) < 4.78 is 5.92. The SMILES string of the molecule is CC1=C(CN2C=CC2C(=O)Cl)CCc2cc(OC/C=C/c3ccccc3)ccc21. The summed E-state index contributed by atoms with van der Waals surface area (Å²) in [5.74, 6) is 0.899. The predicted octanol–water partition coefficient (Wildman–Crippen LogP) is 5.46. The van der Waals surface area contributed by atoms with Crippen LogP contribution >= 0.6 is 11.6 Å². The number of allylic oxidation sites excluding steroid dienone is 1. The van der Waals surface area contributed by atoms with E-state index in [1.54, 1.807) is 0 Å². The van der Waals surface area contributed by atoms with Crippen molar-refractivity contribution in [1.82, 2.24) is 4.90 Å². The van der Waals surface area contributed by atoms with Gasteiger partial charge in [0.05, 0.1) is 0 Å². The Bertz CT molecular complexity index is 991. The molecule has 148 valence electrons. The Morgan fingerprint density at radius 2 is 2.03 bits per heavy atom. The molecule has 0 saturated carbocycles. The highest BCUT2D eigenvalue weighted by molar-refractivity contribution is 6.65. The van der Waals surface area contributed by atoms with E-state index in [0.717, 1.165) is 25.1 Å². The average Bonchev–Trinajstić information content (AvgIpc) is 2.70. The van der Waals surface area contributed by atoms with E-state index in [9.17, 15) is 4.79 Å². The standard InChI is InChI=1S/C25H24ClNO2/c1-18-21(17-27-14-13-24(27)25(26)28)10-9-20-16-22(11-12-23(18)20)29-15-5-8-19-6-3-2-4-7-19/h2-8,11-14,16,24H,9-10,15,17H2,1H3/b8-5+. The Labute approximate surface area is 176 Å². The molecule has 0 amide bonds. The first-order chi connectivity index (χ1) is 14.1. The van der Waals surface area contributed by atoms with Gasteiger partial charge in [-0.3, -0.25) is 4.79 Å². The summed E-state index contributed by atoms with van der Waals surface area (Å²) in [5.41, 5.74) is 6.42. The van der Waals surface area contributed by atoms with Crippen molar-refractivity contribution in [1.29, 1.82) is 0 Å². The zero-order valence-electron chi connectivity index (χ0n) is 16.5.